The van der Waals surface area contributed by atoms with Crippen molar-refractivity contribution in [3.8, 4) is 11.4 Å². The smallest absolute Gasteiger partial charge is 0.323 e. The van der Waals surface area contributed by atoms with Crippen LogP contribution in [0.25, 0.3) is 11.4 Å². The molecule has 2 aromatic rings. The lowest BCUT2D eigenvalue weighted by atomic mass is 10.2. The first-order valence-corrected chi connectivity index (χ1v) is 6.17. The van der Waals surface area contributed by atoms with Gasteiger partial charge in [-0.05, 0) is 26.0 Å². The number of hydrogen-bond donors (Lipinski definition) is 1. The second-order valence-corrected chi connectivity index (χ2v) is 4.57. The van der Waals surface area contributed by atoms with Gasteiger partial charge in [0.1, 0.15) is 12.4 Å². The summed E-state index contributed by atoms with van der Waals surface area (Å²) in [5.74, 6) is 0.276. The molecule has 0 aromatic carbocycles. The first-order chi connectivity index (χ1) is 9.49. The van der Waals surface area contributed by atoms with Crippen molar-refractivity contribution in [3.05, 3.63) is 35.8 Å². The molecular weight excluding hydrogens is 256 g/mol. The molecule has 0 saturated heterocycles. The number of aliphatic carboxylic acids is 1. The maximum atomic E-state index is 10.8. The minimum atomic E-state index is -0.897. The van der Waals surface area contributed by atoms with Gasteiger partial charge in [-0.25, -0.2) is 9.97 Å². The van der Waals surface area contributed by atoms with E-state index in [9.17, 15) is 4.79 Å². The highest BCUT2D eigenvalue weighted by atomic mass is 16.4. The Bertz CT molecular complexity index is 629. The summed E-state index contributed by atoms with van der Waals surface area (Å²) in [7, 11) is 1.70. The highest BCUT2D eigenvalue weighted by molar-refractivity contribution is 5.73. The van der Waals surface area contributed by atoms with E-state index in [-0.39, 0.29) is 6.54 Å². The summed E-state index contributed by atoms with van der Waals surface area (Å²) < 4.78 is 0. The molecule has 0 fully saturated rings. The lowest BCUT2D eigenvalue weighted by Crippen LogP contribution is -2.27. The monoisotopic (exact) mass is 272 g/mol. The Labute approximate surface area is 117 Å². The molecule has 0 amide bonds. The van der Waals surface area contributed by atoms with Crippen LogP contribution >= 0.6 is 0 Å². The highest BCUT2D eigenvalue weighted by Crippen LogP contribution is 2.23. The minimum absolute atomic E-state index is 0.107. The zero-order valence-electron chi connectivity index (χ0n) is 11.7. The Hall–Kier alpha value is -2.50. The first kappa shape index (κ1) is 13.9. The third-order valence-electron chi connectivity index (χ3n) is 3.02. The second-order valence-electron chi connectivity index (χ2n) is 4.57. The Morgan fingerprint density at radius 1 is 1.35 bits per heavy atom. The number of carbonyl (C=O) groups is 1. The van der Waals surface area contributed by atoms with Crippen LogP contribution < -0.4 is 4.90 Å². The summed E-state index contributed by atoms with van der Waals surface area (Å²) in [5.41, 5.74) is 2.51. The topological polar surface area (TPSA) is 79.2 Å². The lowest BCUT2D eigenvalue weighted by molar-refractivity contribution is -0.135. The average Bonchev–Trinajstić information content (AvgIpc) is 2.41. The standard InChI is InChI=1S/C14H16N4O2/c1-9-10(2)16-13(11-5-4-6-15-7-11)17-14(9)18(3)8-12(19)20/h4-7H,8H2,1-3H3,(H,19,20). The molecule has 0 radical (unpaired) electrons. The van der Waals surface area contributed by atoms with Crippen LogP contribution in [-0.2, 0) is 4.79 Å². The molecule has 0 spiro atoms. The van der Waals surface area contributed by atoms with Crippen LogP contribution in [0.5, 0.6) is 0 Å². The molecule has 0 atom stereocenters. The third kappa shape index (κ3) is 2.90. The van der Waals surface area contributed by atoms with Crippen molar-refractivity contribution < 1.29 is 9.90 Å². The van der Waals surface area contributed by atoms with Crippen LogP contribution in [0.3, 0.4) is 0 Å². The van der Waals surface area contributed by atoms with Crippen LogP contribution in [0.15, 0.2) is 24.5 Å². The molecule has 0 unspecified atom stereocenters. The summed E-state index contributed by atoms with van der Waals surface area (Å²) in [4.78, 5) is 25.4. The van der Waals surface area contributed by atoms with Crippen LogP contribution in [0.1, 0.15) is 11.3 Å². The van der Waals surface area contributed by atoms with Gasteiger partial charge < -0.3 is 10.0 Å². The van der Waals surface area contributed by atoms with Gasteiger partial charge in [0.15, 0.2) is 5.82 Å². The number of anilines is 1. The number of nitrogens with zero attached hydrogens (tertiary/aromatic N) is 4. The normalized spacial score (nSPS) is 10.3. The number of aryl methyl sites for hydroxylation is 1. The summed E-state index contributed by atoms with van der Waals surface area (Å²) in [6.45, 7) is 3.66. The summed E-state index contributed by atoms with van der Waals surface area (Å²) in [6.07, 6.45) is 3.37. The van der Waals surface area contributed by atoms with E-state index >= 15 is 0 Å². The highest BCUT2D eigenvalue weighted by Gasteiger charge is 2.15. The number of carboxylic acid groups (broad SMARTS) is 1. The van der Waals surface area contributed by atoms with Crippen LogP contribution in [0.4, 0.5) is 5.82 Å². The third-order valence-corrected chi connectivity index (χ3v) is 3.02. The van der Waals surface area contributed by atoms with Crippen LogP contribution in [-0.4, -0.2) is 39.6 Å². The summed E-state index contributed by atoms with van der Waals surface area (Å²) in [5, 5.41) is 8.90. The van der Waals surface area contributed by atoms with Gasteiger partial charge in [0.05, 0.1) is 0 Å². The van der Waals surface area contributed by atoms with Crippen molar-refractivity contribution in [3.63, 3.8) is 0 Å². The fraction of sp³-hybridized carbons (Fsp3) is 0.286. The predicted molar refractivity (Wildman–Crippen MR) is 75.6 cm³/mol. The van der Waals surface area contributed by atoms with Gasteiger partial charge in [-0.3, -0.25) is 9.78 Å². The molecule has 0 aliphatic rings. The van der Waals surface area contributed by atoms with Crippen molar-refractivity contribution in [2.75, 3.05) is 18.5 Å². The number of likely N-dealkylation sites (N-methyl/N-ethyl adjacent to an activating group) is 1. The molecule has 6 nitrogen and oxygen atoms in total. The second kappa shape index (κ2) is 5.64. The molecule has 104 valence electrons. The largest absolute Gasteiger partial charge is 0.480 e. The van der Waals surface area contributed by atoms with Crippen molar-refractivity contribution in [2.45, 2.75) is 13.8 Å². The maximum absolute atomic E-state index is 10.8. The van der Waals surface area contributed by atoms with E-state index in [2.05, 4.69) is 15.0 Å². The van der Waals surface area contributed by atoms with E-state index in [1.165, 1.54) is 0 Å². The molecular formula is C14H16N4O2. The zero-order chi connectivity index (χ0) is 14.7. The van der Waals surface area contributed by atoms with Gasteiger partial charge >= 0.3 is 5.97 Å². The van der Waals surface area contributed by atoms with Crippen molar-refractivity contribution >= 4 is 11.8 Å². The predicted octanol–water partition coefficient (Wildman–Crippen LogP) is 1.68. The Kier molecular flexibility index (Phi) is 3.93. The molecule has 20 heavy (non-hydrogen) atoms. The fourth-order valence-electron chi connectivity index (χ4n) is 1.89. The number of rotatable bonds is 4. The van der Waals surface area contributed by atoms with Gasteiger partial charge in [-0.15, -0.1) is 0 Å². The van der Waals surface area contributed by atoms with E-state index in [0.29, 0.717) is 11.6 Å². The molecule has 6 heteroatoms. The number of hydrogen-bond acceptors (Lipinski definition) is 5. The van der Waals surface area contributed by atoms with Gasteiger partial charge in [-0.2, -0.15) is 0 Å². The molecule has 2 heterocycles. The quantitative estimate of drug-likeness (QED) is 0.912. The molecule has 1 N–H and O–H groups in total. The van der Waals surface area contributed by atoms with Gasteiger partial charge in [-0.1, -0.05) is 0 Å². The van der Waals surface area contributed by atoms with Crippen molar-refractivity contribution in [1.82, 2.24) is 15.0 Å². The van der Waals surface area contributed by atoms with E-state index in [1.807, 2.05) is 26.0 Å². The molecule has 2 aromatic heterocycles. The fourth-order valence-corrected chi connectivity index (χ4v) is 1.89. The first-order valence-electron chi connectivity index (χ1n) is 6.17. The van der Waals surface area contributed by atoms with Crippen molar-refractivity contribution in [1.29, 1.82) is 0 Å². The SMILES string of the molecule is Cc1nc(-c2cccnc2)nc(N(C)CC(=O)O)c1C. The summed E-state index contributed by atoms with van der Waals surface area (Å²) >= 11 is 0. The van der Waals surface area contributed by atoms with E-state index in [1.54, 1.807) is 24.3 Å². The molecule has 0 bridgehead atoms. The Morgan fingerprint density at radius 2 is 2.10 bits per heavy atom. The number of carboxylic acids is 1. The Morgan fingerprint density at radius 3 is 2.70 bits per heavy atom. The van der Waals surface area contributed by atoms with E-state index in [0.717, 1.165) is 16.8 Å². The molecule has 2 rings (SSSR count). The minimum Gasteiger partial charge on any atom is -0.480 e. The van der Waals surface area contributed by atoms with E-state index in [4.69, 9.17) is 5.11 Å². The lowest BCUT2D eigenvalue weighted by Gasteiger charge is -2.19. The van der Waals surface area contributed by atoms with Crippen LogP contribution in [0, 0.1) is 13.8 Å². The van der Waals surface area contributed by atoms with Gasteiger partial charge in [0.2, 0.25) is 0 Å². The van der Waals surface area contributed by atoms with Crippen molar-refractivity contribution in [2.24, 2.45) is 0 Å². The summed E-state index contributed by atoms with van der Waals surface area (Å²) in [6, 6.07) is 3.69. The average molecular weight is 272 g/mol. The van der Waals surface area contributed by atoms with Gasteiger partial charge in [0.25, 0.3) is 0 Å². The van der Waals surface area contributed by atoms with Crippen LogP contribution in [0.2, 0.25) is 0 Å². The number of aromatic nitrogens is 3. The van der Waals surface area contributed by atoms with E-state index < -0.39 is 5.97 Å². The molecule has 0 aliphatic heterocycles. The molecule has 0 aliphatic carbocycles. The molecule has 0 saturated carbocycles. The Balaban J connectivity index is 2.47. The maximum Gasteiger partial charge on any atom is 0.323 e. The zero-order valence-corrected chi connectivity index (χ0v) is 11.7. The number of pyridine rings is 1. The van der Waals surface area contributed by atoms with Gasteiger partial charge in [0, 0.05) is 36.3 Å².